The summed E-state index contributed by atoms with van der Waals surface area (Å²) < 4.78 is 0. The first kappa shape index (κ1) is 12.7. The summed E-state index contributed by atoms with van der Waals surface area (Å²) in [4.78, 5) is 23.7. The third kappa shape index (κ3) is 2.05. The Balaban J connectivity index is 1.78. The zero-order valence-corrected chi connectivity index (χ0v) is 10.7. The van der Waals surface area contributed by atoms with Crippen molar-refractivity contribution in [1.82, 2.24) is 0 Å². The molecule has 0 aliphatic heterocycles. The summed E-state index contributed by atoms with van der Waals surface area (Å²) in [6.45, 7) is 0. The third-order valence-corrected chi connectivity index (χ3v) is 4.18. The largest absolute Gasteiger partial charge is 0.508 e. The van der Waals surface area contributed by atoms with Gasteiger partial charge in [-0.25, -0.2) is 0 Å². The van der Waals surface area contributed by atoms with E-state index in [1.54, 1.807) is 12.1 Å². The number of hydrogen-bond acceptors (Lipinski definition) is 3. The van der Waals surface area contributed by atoms with Crippen molar-refractivity contribution in [3.63, 3.8) is 0 Å². The summed E-state index contributed by atoms with van der Waals surface area (Å²) in [5.74, 6) is -2.23. The molecule has 2 aliphatic carbocycles. The molecule has 20 heavy (non-hydrogen) atoms. The minimum Gasteiger partial charge on any atom is -0.508 e. The predicted molar refractivity (Wildman–Crippen MR) is 72.1 cm³/mol. The Morgan fingerprint density at radius 2 is 1.65 bits per heavy atom. The number of phenolic OH excluding ortho intramolecular Hbond substituents is 1. The topological polar surface area (TPSA) is 86.6 Å². The molecular formula is C15H15NO4. The van der Waals surface area contributed by atoms with E-state index in [4.69, 9.17) is 0 Å². The fraction of sp³-hybridized carbons (Fsp3) is 0.333. The number of anilines is 1. The number of fused-ring (bicyclic) bond motifs is 2. The molecule has 0 unspecified atom stereocenters. The van der Waals surface area contributed by atoms with Crippen LogP contribution in [0.1, 0.15) is 6.42 Å². The highest BCUT2D eigenvalue weighted by molar-refractivity contribution is 5.96. The summed E-state index contributed by atoms with van der Waals surface area (Å²) in [5.41, 5.74) is 0.559. The Hall–Kier alpha value is -2.30. The molecule has 0 aromatic heterocycles. The molecule has 3 rings (SSSR count). The first-order valence-corrected chi connectivity index (χ1v) is 6.57. The highest BCUT2D eigenvalue weighted by atomic mass is 16.4. The Bertz CT molecular complexity index is 578. The highest BCUT2D eigenvalue weighted by Crippen LogP contribution is 2.48. The molecule has 1 aromatic carbocycles. The molecule has 4 atom stereocenters. The van der Waals surface area contributed by atoms with Gasteiger partial charge >= 0.3 is 5.97 Å². The number of rotatable bonds is 3. The lowest BCUT2D eigenvalue weighted by Crippen LogP contribution is -2.36. The van der Waals surface area contributed by atoms with E-state index in [1.165, 1.54) is 12.1 Å². The van der Waals surface area contributed by atoms with Crippen LogP contribution < -0.4 is 5.32 Å². The second-order valence-corrected chi connectivity index (χ2v) is 5.37. The fourth-order valence-corrected chi connectivity index (χ4v) is 3.29. The molecule has 0 radical (unpaired) electrons. The van der Waals surface area contributed by atoms with E-state index in [2.05, 4.69) is 5.32 Å². The van der Waals surface area contributed by atoms with Crippen LogP contribution in [0.15, 0.2) is 36.4 Å². The van der Waals surface area contributed by atoms with Gasteiger partial charge in [0.2, 0.25) is 5.91 Å². The maximum Gasteiger partial charge on any atom is 0.307 e. The first-order chi connectivity index (χ1) is 9.56. The summed E-state index contributed by atoms with van der Waals surface area (Å²) in [6, 6.07) is 6.13. The van der Waals surface area contributed by atoms with E-state index >= 15 is 0 Å². The van der Waals surface area contributed by atoms with Crippen LogP contribution in [-0.4, -0.2) is 22.1 Å². The Morgan fingerprint density at radius 1 is 1.05 bits per heavy atom. The maximum absolute atomic E-state index is 12.3. The molecule has 104 valence electrons. The van der Waals surface area contributed by atoms with Crippen LogP contribution in [0.5, 0.6) is 5.75 Å². The number of carbonyl (C=O) groups excluding carboxylic acids is 1. The van der Waals surface area contributed by atoms with Gasteiger partial charge in [-0.2, -0.15) is 0 Å². The first-order valence-electron chi connectivity index (χ1n) is 6.57. The highest BCUT2D eigenvalue weighted by Gasteiger charge is 2.51. The van der Waals surface area contributed by atoms with Crippen molar-refractivity contribution >= 4 is 17.6 Å². The molecule has 5 heteroatoms. The lowest BCUT2D eigenvalue weighted by Gasteiger charge is -2.23. The van der Waals surface area contributed by atoms with Crippen molar-refractivity contribution in [2.75, 3.05) is 5.32 Å². The van der Waals surface area contributed by atoms with Gasteiger partial charge in [-0.1, -0.05) is 12.2 Å². The van der Waals surface area contributed by atoms with Crippen molar-refractivity contribution in [1.29, 1.82) is 0 Å². The number of aromatic hydroxyl groups is 1. The van der Waals surface area contributed by atoms with Gasteiger partial charge in [-0.05, 0) is 42.5 Å². The quantitative estimate of drug-likeness (QED) is 0.579. The van der Waals surface area contributed by atoms with Gasteiger partial charge in [-0.15, -0.1) is 0 Å². The minimum atomic E-state index is -0.910. The molecule has 1 aromatic rings. The number of allylic oxidation sites excluding steroid dienone is 2. The molecule has 2 aliphatic rings. The van der Waals surface area contributed by atoms with Crippen molar-refractivity contribution in [2.45, 2.75) is 6.42 Å². The van der Waals surface area contributed by atoms with Gasteiger partial charge in [0.05, 0.1) is 11.8 Å². The molecule has 1 saturated carbocycles. The zero-order valence-electron chi connectivity index (χ0n) is 10.7. The Morgan fingerprint density at radius 3 is 2.25 bits per heavy atom. The van der Waals surface area contributed by atoms with Crippen LogP contribution in [0.25, 0.3) is 0 Å². The van der Waals surface area contributed by atoms with Gasteiger partial charge in [0, 0.05) is 5.69 Å². The zero-order chi connectivity index (χ0) is 14.3. The SMILES string of the molecule is O=C(O)[C@@H]1[C@@H](C(=O)Nc2ccc(O)cc2)[C@H]2C=C[C@H]1C2. The van der Waals surface area contributed by atoms with E-state index in [9.17, 15) is 19.8 Å². The Kier molecular flexibility index (Phi) is 2.97. The van der Waals surface area contributed by atoms with Gasteiger partial charge in [-0.3, -0.25) is 9.59 Å². The van der Waals surface area contributed by atoms with Crippen LogP contribution in [0.3, 0.4) is 0 Å². The molecule has 0 heterocycles. The summed E-state index contributed by atoms with van der Waals surface area (Å²) in [7, 11) is 0. The lowest BCUT2D eigenvalue weighted by molar-refractivity contribution is -0.146. The van der Waals surface area contributed by atoms with E-state index in [1.807, 2.05) is 12.2 Å². The lowest BCUT2D eigenvalue weighted by atomic mass is 9.82. The number of hydrogen-bond donors (Lipinski definition) is 3. The number of carbonyl (C=O) groups is 2. The van der Waals surface area contributed by atoms with Crippen molar-refractivity contribution in [3.05, 3.63) is 36.4 Å². The average Bonchev–Trinajstić information content (AvgIpc) is 3.01. The smallest absolute Gasteiger partial charge is 0.307 e. The minimum absolute atomic E-state index is 0.0122. The standard InChI is InChI=1S/C15H15NO4/c17-11-5-3-10(4-6-11)16-14(18)12-8-1-2-9(7-8)13(12)15(19)20/h1-6,8-9,12-13,17H,7H2,(H,16,18)(H,19,20)/t8-,9-,12-,13-/m0/s1. The Labute approximate surface area is 115 Å². The molecule has 1 fully saturated rings. The summed E-state index contributed by atoms with van der Waals surface area (Å²) >= 11 is 0. The van der Waals surface area contributed by atoms with E-state index in [-0.39, 0.29) is 23.5 Å². The third-order valence-electron chi connectivity index (χ3n) is 4.18. The molecule has 3 N–H and O–H groups in total. The van der Waals surface area contributed by atoms with Crippen molar-refractivity contribution in [3.8, 4) is 5.75 Å². The monoisotopic (exact) mass is 273 g/mol. The number of benzene rings is 1. The molecule has 0 saturated heterocycles. The second-order valence-electron chi connectivity index (χ2n) is 5.37. The van der Waals surface area contributed by atoms with Crippen molar-refractivity contribution < 1.29 is 19.8 Å². The second kappa shape index (κ2) is 4.67. The maximum atomic E-state index is 12.3. The predicted octanol–water partition coefficient (Wildman–Crippen LogP) is 1.85. The molecule has 1 amide bonds. The van der Waals surface area contributed by atoms with Crippen LogP contribution >= 0.6 is 0 Å². The number of carboxylic acid groups (broad SMARTS) is 1. The molecule has 0 spiro atoms. The van der Waals surface area contributed by atoms with Gasteiger partial charge in [0.15, 0.2) is 0 Å². The normalized spacial score (nSPS) is 30.4. The van der Waals surface area contributed by atoms with Gasteiger partial charge in [0.1, 0.15) is 5.75 Å². The van der Waals surface area contributed by atoms with Gasteiger partial charge < -0.3 is 15.5 Å². The van der Waals surface area contributed by atoms with Crippen molar-refractivity contribution in [2.24, 2.45) is 23.7 Å². The number of amides is 1. The average molecular weight is 273 g/mol. The van der Waals surface area contributed by atoms with E-state index < -0.39 is 17.8 Å². The van der Waals surface area contributed by atoms with Crippen LogP contribution in [0, 0.1) is 23.7 Å². The molecule has 5 nitrogen and oxygen atoms in total. The number of carboxylic acids is 1. The fourth-order valence-electron chi connectivity index (χ4n) is 3.29. The van der Waals surface area contributed by atoms with E-state index in [0.29, 0.717) is 5.69 Å². The number of nitrogens with one attached hydrogen (secondary N) is 1. The molecule has 2 bridgehead atoms. The van der Waals surface area contributed by atoms with Crippen LogP contribution in [0.4, 0.5) is 5.69 Å². The number of aliphatic carboxylic acids is 1. The summed E-state index contributed by atoms with van der Waals surface area (Å²) in [5, 5.41) is 21.2. The molecular weight excluding hydrogens is 258 g/mol. The van der Waals surface area contributed by atoms with Crippen LogP contribution in [-0.2, 0) is 9.59 Å². The van der Waals surface area contributed by atoms with Crippen LogP contribution in [0.2, 0.25) is 0 Å². The van der Waals surface area contributed by atoms with E-state index in [0.717, 1.165) is 6.42 Å². The van der Waals surface area contributed by atoms with Gasteiger partial charge in [0.25, 0.3) is 0 Å². The number of phenols is 1. The summed E-state index contributed by atoms with van der Waals surface area (Å²) in [6.07, 6.45) is 4.60.